The minimum Gasteiger partial charge on any atom is -0.461 e. The third kappa shape index (κ3) is 6.06. The lowest BCUT2D eigenvalue weighted by molar-refractivity contribution is -0.151. The number of likely N-dealkylation sites (tertiary alicyclic amines) is 1. The van der Waals surface area contributed by atoms with Crippen LogP contribution in [0.3, 0.4) is 0 Å². The largest absolute Gasteiger partial charge is 0.461 e. The first-order chi connectivity index (χ1) is 15.7. The van der Waals surface area contributed by atoms with Gasteiger partial charge in [0.2, 0.25) is 0 Å². The summed E-state index contributed by atoms with van der Waals surface area (Å²) in [6.07, 6.45) is -3.52. The van der Waals surface area contributed by atoms with E-state index in [1.807, 2.05) is 24.3 Å². The molecule has 2 aromatic rings. The van der Waals surface area contributed by atoms with Gasteiger partial charge < -0.3 is 14.5 Å². The number of para-hydroxylation sites is 1. The lowest BCUT2D eigenvalue weighted by atomic mass is 9.96. The first-order valence-corrected chi connectivity index (χ1v) is 11.2. The van der Waals surface area contributed by atoms with Crippen LogP contribution in [0.4, 0.5) is 18.9 Å². The number of ether oxygens (including phenoxy) is 1. The number of carbonyl (C=O) groups excluding carboxylic acids is 2. The van der Waals surface area contributed by atoms with Gasteiger partial charge in [0.1, 0.15) is 6.61 Å². The monoisotopic (exact) mass is 462 g/mol. The van der Waals surface area contributed by atoms with Crippen molar-refractivity contribution >= 4 is 17.6 Å². The number of alkyl halides is 3. The van der Waals surface area contributed by atoms with Crippen molar-refractivity contribution < 1.29 is 27.5 Å². The van der Waals surface area contributed by atoms with Crippen molar-refractivity contribution in [3.63, 3.8) is 0 Å². The number of amides is 1. The van der Waals surface area contributed by atoms with Crippen LogP contribution in [0, 0.1) is 5.92 Å². The summed E-state index contributed by atoms with van der Waals surface area (Å²) in [6.45, 7) is 6.76. The van der Waals surface area contributed by atoms with Gasteiger partial charge in [0.05, 0.1) is 11.5 Å². The lowest BCUT2D eigenvalue weighted by Crippen LogP contribution is -2.40. The molecule has 0 atom stereocenters. The Balaban J connectivity index is 1.53. The number of hydrogen-bond donors (Lipinski definition) is 0. The Morgan fingerprint density at radius 3 is 2.18 bits per heavy atom. The summed E-state index contributed by atoms with van der Waals surface area (Å²) in [5.74, 6) is -0.919. The van der Waals surface area contributed by atoms with E-state index in [0.29, 0.717) is 25.9 Å². The molecule has 0 saturated carbocycles. The van der Waals surface area contributed by atoms with Gasteiger partial charge >= 0.3 is 12.1 Å². The molecule has 1 fully saturated rings. The minimum absolute atomic E-state index is 0.191. The Morgan fingerprint density at radius 2 is 1.61 bits per heavy atom. The molecular weight excluding hydrogens is 433 g/mol. The van der Waals surface area contributed by atoms with Crippen molar-refractivity contribution in [2.24, 2.45) is 5.92 Å². The third-order valence-electron chi connectivity index (χ3n) is 6.04. The number of piperidine rings is 1. The van der Waals surface area contributed by atoms with Gasteiger partial charge in [-0.1, -0.05) is 18.2 Å². The normalized spacial score (nSPS) is 14.8. The van der Waals surface area contributed by atoms with Crippen LogP contribution in [0.25, 0.3) is 0 Å². The van der Waals surface area contributed by atoms with Gasteiger partial charge in [0, 0.05) is 43.0 Å². The van der Waals surface area contributed by atoms with Crippen molar-refractivity contribution in [1.29, 1.82) is 0 Å². The molecule has 0 N–H and O–H groups in total. The molecular formula is C25H29F3N2O3. The van der Waals surface area contributed by atoms with Crippen LogP contribution in [0.1, 0.15) is 48.2 Å². The number of anilines is 1. The van der Waals surface area contributed by atoms with Crippen molar-refractivity contribution in [3.05, 3.63) is 65.2 Å². The lowest BCUT2D eigenvalue weighted by Gasteiger charge is -2.31. The van der Waals surface area contributed by atoms with E-state index in [0.717, 1.165) is 36.5 Å². The molecule has 0 aromatic heterocycles. The van der Waals surface area contributed by atoms with Crippen LogP contribution >= 0.6 is 0 Å². The number of esters is 1. The van der Waals surface area contributed by atoms with E-state index in [2.05, 4.69) is 18.7 Å². The van der Waals surface area contributed by atoms with Gasteiger partial charge in [0.25, 0.3) is 5.91 Å². The maximum Gasteiger partial charge on any atom is 0.416 e. The van der Waals surface area contributed by atoms with E-state index in [-0.39, 0.29) is 30.0 Å². The second-order valence-corrected chi connectivity index (χ2v) is 8.05. The summed E-state index contributed by atoms with van der Waals surface area (Å²) in [5, 5.41) is 0. The minimum atomic E-state index is -4.44. The molecule has 5 nitrogen and oxygen atoms in total. The van der Waals surface area contributed by atoms with Gasteiger partial charge in [-0.05, 0) is 57.0 Å². The topological polar surface area (TPSA) is 49.9 Å². The zero-order chi connectivity index (χ0) is 24.0. The van der Waals surface area contributed by atoms with E-state index in [1.165, 1.54) is 12.1 Å². The molecule has 178 valence electrons. The molecule has 0 unspecified atom stereocenters. The van der Waals surface area contributed by atoms with E-state index >= 15 is 0 Å². The summed E-state index contributed by atoms with van der Waals surface area (Å²) in [5.41, 5.74) is 1.41. The molecule has 0 bridgehead atoms. The second kappa shape index (κ2) is 10.7. The molecule has 0 aliphatic carbocycles. The predicted octanol–water partition coefficient (Wildman–Crippen LogP) is 5.15. The average Bonchev–Trinajstić information content (AvgIpc) is 2.83. The highest BCUT2D eigenvalue weighted by molar-refractivity contribution is 5.94. The van der Waals surface area contributed by atoms with Crippen molar-refractivity contribution in [1.82, 2.24) is 4.90 Å². The molecule has 33 heavy (non-hydrogen) atoms. The van der Waals surface area contributed by atoms with E-state index in [1.54, 1.807) is 4.90 Å². The highest BCUT2D eigenvalue weighted by Crippen LogP contribution is 2.29. The summed E-state index contributed by atoms with van der Waals surface area (Å²) in [7, 11) is 0. The van der Waals surface area contributed by atoms with Crippen LogP contribution in [0.2, 0.25) is 0 Å². The predicted molar refractivity (Wildman–Crippen MR) is 120 cm³/mol. The Morgan fingerprint density at radius 1 is 1.00 bits per heavy atom. The van der Waals surface area contributed by atoms with Gasteiger partial charge in [-0.3, -0.25) is 9.59 Å². The maximum absolute atomic E-state index is 12.7. The highest BCUT2D eigenvalue weighted by Gasteiger charge is 2.32. The number of rotatable bonds is 7. The summed E-state index contributed by atoms with van der Waals surface area (Å²) in [6, 6.07) is 12.1. The second-order valence-electron chi connectivity index (χ2n) is 8.05. The van der Waals surface area contributed by atoms with E-state index < -0.39 is 11.7 Å². The number of benzene rings is 2. The standard InChI is InChI=1S/C25H29F3N2O3/c1-3-29(4-2)22-8-6-5-7-20(22)17-33-24(32)19-13-15-30(16-14-19)23(31)18-9-11-21(12-10-18)25(26,27)28/h5-12,19H,3-4,13-17H2,1-2H3. The molecule has 1 aliphatic heterocycles. The molecule has 1 aliphatic rings. The Labute approximate surface area is 192 Å². The number of halogens is 3. The Bertz CT molecular complexity index is 948. The molecule has 1 saturated heterocycles. The summed E-state index contributed by atoms with van der Waals surface area (Å²) >= 11 is 0. The summed E-state index contributed by atoms with van der Waals surface area (Å²) < 4.78 is 43.8. The van der Waals surface area contributed by atoms with Gasteiger partial charge in [-0.2, -0.15) is 13.2 Å². The van der Waals surface area contributed by atoms with Gasteiger partial charge in [-0.15, -0.1) is 0 Å². The van der Waals surface area contributed by atoms with Crippen molar-refractivity contribution in [2.75, 3.05) is 31.1 Å². The van der Waals surface area contributed by atoms with Crippen LogP contribution < -0.4 is 4.90 Å². The van der Waals surface area contributed by atoms with Crippen molar-refractivity contribution in [2.45, 2.75) is 39.5 Å². The molecule has 3 rings (SSSR count). The van der Waals surface area contributed by atoms with E-state index in [9.17, 15) is 22.8 Å². The number of carbonyl (C=O) groups is 2. The highest BCUT2D eigenvalue weighted by atomic mass is 19.4. The molecule has 8 heteroatoms. The summed E-state index contributed by atoms with van der Waals surface area (Å²) in [4.78, 5) is 29.0. The molecule has 1 amide bonds. The fourth-order valence-electron chi connectivity index (χ4n) is 4.08. The van der Waals surface area contributed by atoms with Crippen LogP contribution in [0.15, 0.2) is 48.5 Å². The average molecular weight is 463 g/mol. The molecule has 1 heterocycles. The van der Waals surface area contributed by atoms with Crippen LogP contribution in [-0.2, 0) is 22.3 Å². The molecule has 2 aromatic carbocycles. The first kappa shape index (κ1) is 24.6. The third-order valence-corrected chi connectivity index (χ3v) is 6.04. The molecule has 0 spiro atoms. The zero-order valence-electron chi connectivity index (χ0n) is 18.9. The fourth-order valence-corrected chi connectivity index (χ4v) is 4.08. The van der Waals surface area contributed by atoms with E-state index in [4.69, 9.17) is 4.74 Å². The Hall–Kier alpha value is -3.03. The zero-order valence-corrected chi connectivity index (χ0v) is 18.9. The number of hydrogen-bond acceptors (Lipinski definition) is 4. The quantitative estimate of drug-likeness (QED) is 0.534. The Kier molecular flexibility index (Phi) is 8.00. The maximum atomic E-state index is 12.7. The van der Waals surface area contributed by atoms with Crippen LogP contribution in [0.5, 0.6) is 0 Å². The van der Waals surface area contributed by atoms with Crippen LogP contribution in [-0.4, -0.2) is 43.0 Å². The smallest absolute Gasteiger partial charge is 0.416 e. The molecule has 0 radical (unpaired) electrons. The van der Waals surface area contributed by atoms with Crippen molar-refractivity contribution in [3.8, 4) is 0 Å². The number of nitrogens with zero attached hydrogens (tertiary/aromatic N) is 2. The SMILES string of the molecule is CCN(CC)c1ccccc1COC(=O)C1CCN(C(=O)c2ccc(C(F)(F)F)cc2)CC1. The first-order valence-electron chi connectivity index (χ1n) is 11.2. The van der Waals surface area contributed by atoms with Gasteiger partial charge in [-0.25, -0.2) is 0 Å². The van der Waals surface area contributed by atoms with Gasteiger partial charge in [0.15, 0.2) is 0 Å². The fraction of sp³-hybridized carbons (Fsp3) is 0.440.